The van der Waals surface area contributed by atoms with E-state index in [1.807, 2.05) is 0 Å². The van der Waals surface area contributed by atoms with Crippen molar-refractivity contribution < 1.29 is 14.3 Å². The number of halogens is 1. The molecule has 0 atom stereocenters. The van der Waals surface area contributed by atoms with Crippen molar-refractivity contribution in [3.8, 4) is 11.5 Å². The van der Waals surface area contributed by atoms with Gasteiger partial charge in [0.2, 0.25) is 0 Å². The maximum atomic E-state index is 12.3. The van der Waals surface area contributed by atoms with Crippen LogP contribution in [0.4, 0.5) is 0 Å². The number of hydrogen-bond donors (Lipinski definition) is 1. The van der Waals surface area contributed by atoms with Crippen LogP contribution < -0.4 is 24.2 Å². The number of carbonyl (C=O) groups excluding carboxylic acids is 1. The highest BCUT2D eigenvalue weighted by molar-refractivity contribution is 7.07. The predicted octanol–water partition coefficient (Wildman–Crippen LogP) is 2.60. The van der Waals surface area contributed by atoms with Gasteiger partial charge in [0.05, 0.1) is 23.4 Å². The van der Waals surface area contributed by atoms with E-state index in [-0.39, 0.29) is 11.3 Å². The second-order valence-electron chi connectivity index (χ2n) is 5.59. The van der Waals surface area contributed by atoms with E-state index in [2.05, 4.69) is 4.98 Å². The van der Waals surface area contributed by atoms with Crippen LogP contribution in [0, 0.1) is 0 Å². The van der Waals surface area contributed by atoms with Crippen LogP contribution in [-0.4, -0.2) is 25.0 Å². The summed E-state index contributed by atoms with van der Waals surface area (Å²) in [5.74, 6) is 1.04. The monoisotopic (exact) mass is 401 g/mol. The third-order valence-electron chi connectivity index (χ3n) is 3.74. The minimum Gasteiger partial charge on any atom is -0.497 e. The molecule has 138 valence electrons. The molecule has 0 aliphatic heterocycles. The van der Waals surface area contributed by atoms with Crippen LogP contribution in [0.25, 0.3) is 12.2 Å². The number of Topliss-reactive ketones (excluding diaryl/α,β-unsaturated/α-hetero) is 1. The van der Waals surface area contributed by atoms with Gasteiger partial charge in [-0.2, -0.15) is 0 Å². The number of benzene rings is 2. The second kappa shape index (κ2) is 8.24. The molecule has 1 heterocycles. The Bertz CT molecular complexity index is 1120. The Morgan fingerprint density at radius 1 is 1.07 bits per heavy atom. The number of nitrogens with one attached hydrogen (secondary N) is 1. The summed E-state index contributed by atoms with van der Waals surface area (Å²) in [6, 6.07) is 11.9. The summed E-state index contributed by atoms with van der Waals surface area (Å²) >= 11 is 7.03. The molecule has 3 rings (SSSR count). The van der Waals surface area contributed by atoms with E-state index < -0.39 is 0 Å². The lowest BCUT2D eigenvalue weighted by Gasteiger charge is -2.05. The average Bonchev–Trinajstić information content (AvgIpc) is 3.00. The number of aromatic nitrogens is 1. The summed E-state index contributed by atoms with van der Waals surface area (Å²) in [4.78, 5) is 27.2. The SMILES string of the molecule is COc1cc(C=c2sc(=CC(=O)c3ccc(Cl)cc3)[nH]c2=O)cc(OC)c1. The molecular formula is C20H16ClNO4S. The molecule has 0 unspecified atom stereocenters. The normalized spacial score (nSPS) is 12.3. The third-order valence-corrected chi connectivity index (χ3v) is 4.96. The van der Waals surface area contributed by atoms with Gasteiger partial charge in [0, 0.05) is 22.7 Å². The number of H-pyrrole nitrogens is 1. The minimum atomic E-state index is -0.267. The molecule has 0 spiro atoms. The van der Waals surface area contributed by atoms with Crippen LogP contribution in [-0.2, 0) is 0 Å². The number of aromatic amines is 1. The molecule has 27 heavy (non-hydrogen) atoms. The average molecular weight is 402 g/mol. The Kier molecular flexibility index (Phi) is 5.78. The van der Waals surface area contributed by atoms with Crippen molar-refractivity contribution in [2.24, 2.45) is 0 Å². The van der Waals surface area contributed by atoms with Crippen LogP contribution in [0.5, 0.6) is 11.5 Å². The zero-order chi connectivity index (χ0) is 19.4. The zero-order valence-corrected chi connectivity index (χ0v) is 16.2. The minimum absolute atomic E-state index is 0.209. The quantitative estimate of drug-likeness (QED) is 0.667. The fourth-order valence-corrected chi connectivity index (χ4v) is 3.42. The van der Waals surface area contributed by atoms with Gasteiger partial charge in [-0.3, -0.25) is 9.59 Å². The lowest BCUT2D eigenvalue weighted by Crippen LogP contribution is -2.20. The second-order valence-corrected chi connectivity index (χ2v) is 7.11. The van der Waals surface area contributed by atoms with E-state index in [1.54, 1.807) is 62.8 Å². The summed E-state index contributed by atoms with van der Waals surface area (Å²) in [5, 5.41) is 0.557. The lowest BCUT2D eigenvalue weighted by atomic mass is 10.1. The van der Waals surface area contributed by atoms with Crippen molar-refractivity contribution in [3.05, 3.63) is 78.2 Å². The van der Waals surface area contributed by atoms with Gasteiger partial charge < -0.3 is 14.5 Å². The van der Waals surface area contributed by atoms with Crippen molar-refractivity contribution in [3.63, 3.8) is 0 Å². The number of rotatable bonds is 5. The van der Waals surface area contributed by atoms with Gasteiger partial charge in [-0.1, -0.05) is 11.6 Å². The third kappa shape index (κ3) is 4.67. The predicted molar refractivity (Wildman–Crippen MR) is 108 cm³/mol. The summed E-state index contributed by atoms with van der Waals surface area (Å²) in [6.07, 6.45) is 3.12. The van der Waals surface area contributed by atoms with Crippen LogP contribution >= 0.6 is 22.9 Å². The largest absolute Gasteiger partial charge is 0.497 e. The van der Waals surface area contributed by atoms with E-state index in [1.165, 1.54) is 17.4 Å². The van der Waals surface area contributed by atoms with E-state index in [0.29, 0.717) is 31.3 Å². The molecule has 0 bridgehead atoms. The van der Waals surface area contributed by atoms with Crippen molar-refractivity contribution in [2.75, 3.05) is 14.2 Å². The Morgan fingerprint density at radius 2 is 1.70 bits per heavy atom. The Morgan fingerprint density at radius 3 is 2.30 bits per heavy atom. The molecule has 5 nitrogen and oxygen atoms in total. The molecule has 0 saturated heterocycles. The van der Waals surface area contributed by atoms with Crippen LogP contribution in [0.3, 0.4) is 0 Å². The molecule has 2 aromatic carbocycles. The van der Waals surface area contributed by atoms with Crippen molar-refractivity contribution in [2.45, 2.75) is 0 Å². The Labute approximate surface area is 164 Å². The standard InChI is InChI=1S/C20H16ClNO4S/c1-25-15-7-12(8-16(10-15)26-2)9-18-20(24)22-19(27-18)11-17(23)13-3-5-14(21)6-4-13/h3-11H,1-2H3,(H,22,24). The van der Waals surface area contributed by atoms with E-state index in [9.17, 15) is 9.59 Å². The van der Waals surface area contributed by atoms with Gasteiger partial charge in [0.15, 0.2) is 5.78 Å². The Balaban J connectivity index is 1.99. The maximum absolute atomic E-state index is 12.3. The Hall–Kier alpha value is -2.83. The first kappa shape index (κ1) is 18.9. The highest BCUT2D eigenvalue weighted by atomic mass is 35.5. The van der Waals surface area contributed by atoms with Crippen molar-refractivity contribution >= 4 is 40.9 Å². The van der Waals surface area contributed by atoms with Gasteiger partial charge in [0.25, 0.3) is 5.56 Å². The van der Waals surface area contributed by atoms with E-state index in [4.69, 9.17) is 21.1 Å². The highest BCUT2D eigenvalue weighted by Crippen LogP contribution is 2.22. The zero-order valence-electron chi connectivity index (χ0n) is 14.6. The smallest absolute Gasteiger partial charge is 0.266 e. The lowest BCUT2D eigenvalue weighted by molar-refractivity contribution is 0.106. The van der Waals surface area contributed by atoms with Gasteiger partial charge >= 0.3 is 0 Å². The summed E-state index contributed by atoms with van der Waals surface area (Å²) in [6.45, 7) is 0. The molecule has 7 heteroatoms. The number of carbonyl (C=O) groups is 1. The van der Waals surface area contributed by atoms with Crippen LogP contribution in [0.1, 0.15) is 15.9 Å². The number of ketones is 1. The molecule has 1 N–H and O–H groups in total. The van der Waals surface area contributed by atoms with Crippen molar-refractivity contribution in [1.82, 2.24) is 4.98 Å². The molecular weight excluding hydrogens is 386 g/mol. The number of methoxy groups -OCH3 is 2. The first-order chi connectivity index (χ1) is 13.0. The van der Waals surface area contributed by atoms with Gasteiger partial charge in [-0.05, 0) is 48.0 Å². The van der Waals surface area contributed by atoms with E-state index in [0.717, 1.165) is 5.56 Å². The van der Waals surface area contributed by atoms with E-state index >= 15 is 0 Å². The van der Waals surface area contributed by atoms with Crippen molar-refractivity contribution in [1.29, 1.82) is 0 Å². The fourth-order valence-electron chi connectivity index (χ4n) is 2.41. The molecule has 0 aliphatic rings. The molecule has 0 aliphatic carbocycles. The molecule has 0 radical (unpaired) electrons. The molecule has 3 aromatic rings. The summed E-state index contributed by atoms with van der Waals surface area (Å²) < 4.78 is 11.4. The molecule has 0 saturated carbocycles. The molecule has 0 fully saturated rings. The number of thiazole rings is 1. The van der Waals surface area contributed by atoms with Gasteiger partial charge in [0.1, 0.15) is 11.5 Å². The molecule has 0 amide bonds. The van der Waals surface area contributed by atoms with Crippen LogP contribution in [0.15, 0.2) is 47.3 Å². The summed E-state index contributed by atoms with van der Waals surface area (Å²) in [5.41, 5.74) is 0.989. The number of hydrogen-bond acceptors (Lipinski definition) is 5. The first-order valence-electron chi connectivity index (χ1n) is 7.94. The van der Waals surface area contributed by atoms with Crippen LogP contribution in [0.2, 0.25) is 5.02 Å². The van der Waals surface area contributed by atoms with Gasteiger partial charge in [-0.15, -0.1) is 11.3 Å². The summed E-state index contributed by atoms with van der Waals surface area (Å²) in [7, 11) is 3.12. The number of ether oxygens (including phenoxy) is 2. The first-order valence-corrected chi connectivity index (χ1v) is 9.13. The highest BCUT2D eigenvalue weighted by Gasteiger charge is 2.04. The maximum Gasteiger partial charge on any atom is 0.266 e. The van der Waals surface area contributed by atoms with Gasteiger partial charge in [-0.25, -0.2) is 0 Å². The fraction of sp³-hybridized carbons (Fsp3) is 0.100. The molecule has 1 aromatic heterocycles. The topological polar surface area (TPSA) is 68.4 Å².